The minimum Gasteiger partial charge on any atom is -0.493 e. The van der Waals surface area contributed by atoms with Crippen LogP contribution >= 0.6 is 12.6 Å². The first-order chi connectivity index (χ1) is 5.74. The van der Waals surface area contributed by atoms with Crippen LogP contribution in [0.4, 0.5) is 0 Å². The van der Waals surface area contributed by atoms with Gasteiger partial charge in [0, 0.05) is 0 Å². The SMILES string of the molecule is COc1ccccc1O[C@H](C)S. The molecule has 1 rings (SSSR count). The standard InChI is InChI=1S/C9H12O2S/c1-7(12)11-9-6-4-3-5-8(9)10-2/h3-7,12H,1-2H3/t7-/m0/s1. The Morgan fingerprint density at radius 1 is 1.25 bits per heavy atom. The van der Waals surface area contributed by atoms with E-state index >= 15 is 0 Å². The van der Waals surface area contributed by atoms with Gasteiger partial charge in [-0.05, 0) is 19.1 Å². The van der Waals surface area contributed by atoms with Crippen molar-refractivity contribution in [3.63, 3.8) is 0 Å². The Morgan fingerprint density at radius 3 is 2.33 bits per heavy atom. The number of hydrogen-bond acceptors (Lipinski definition) is 3. The van der Waals surface area contributed by atoms with E-state index in [1.165, 1.54) is 0 Å². The van der Waals surface area contributed by atoms with Gasteiger partial charge in [-0.3, -0.25) is 0 Å². The molecule has 0 heterocycles. The molecule has 0 radical (unpaired) electrons. The number of hydrogen-bond donors (Lipinski definition) is 1. The van der Waals surface area contributed by atoms with Crippen LogP contribution < -0.4 is 9.47 Å². The summed E-state index contributed by atoms with van der Waals surface area (Å²) in [6.45, 7) is 1.86. The lowest BCUT2D eigenvalue weighted by Crippen LogP contribution is -2.03. The van der Waals surface area contributed by atoms with Crippen molar-refractivity contribution in [2.24, 2.45) is 0 Å². The highest BCUT2D eigenvalue weighted by atomic mass is 32.1. The molecule has 1 atom stereocenters. The van der Waals surface area contributed by atoms with Gasteiger partial charge >= 0.3 is 0 Å². The van der Waals surface area contributed by atoms with Crippen molar-refractivity contribution in [3.8, 4) is 11.5 Å². The zero-order valence-corrected chi connectivity index (χ0v) is 8.04. The fourth-order valence-electron chi connectivity index (χ4n) is 0.900. The van der Waals surface area contributed by atoms with Crippen molar-refractivity contribution in [3.05, 3.63) is 24.3 Å². The van der Waals surface area contributed by atoms with Crippen LogP contribution in [0.5, 0.6) is 11.5 Å². The zero-order chi connectivity index (χ0) is 8.97. The van der Waals surface area contributed by atoms with Gasteiger partial charge in [0.15, 0.2) is 11.5 Å². The second-order valence-electron chi connectivity index (χ2n) is 2.37. The van der Waals surface area contributed by atoms with Gasteiger partial charge in [-0.2, -0.15) is 0 Å². The number of ether oxygens (including phenoxy) is 2. The first-order valence-electron chi connectivity index (χ1n) is 3.72. The molecule has 0 aromatic heterocycles. The van der Waals surface area contributed by atoms with Crippen molar-refractivity contribution in [1.82, 2.24) is 0 Å². The lowest BCUT2D eigenvalue weighted by atomic mass is 10.3. The Hall–Kier alpha value is -0.830. The predicted molar refractivity (Wildman–Crippen MR) is 52.1 cm³/mol. The van der Waals surface area contributed by atoms with E-state index in [0.29, 0.717) is 0 Å². The lowest BCUT2D eigenvalue weighted by Gasteiger charge is -2.11. The Bertz CT molecular complexity index is 248. The van der Waals surface area contributed by atoms with Crippen LogP contribution in [0, 0.1) is 0 Å². The highest BCUT2D eigenvalue weighted by Gasteiger charge is 2.03. The third kappa shape index (κ3) is 2.34. The largest absolute Gasteiger partial charge is 0.493 e. The third-order valence-electron chi connectivity index (χ3n) is 1.37. The van der Waals surface area contributed by atoms with E-state index < -0.39 is 0 Å². The van der Waals surface area contributed by atoms with Gasteiger partial charge in [-0.25, -0.2) is 0 Å². The number of rotatable bonds is 3. The van der Waals surface area contributed by atoms with Gasteiger partial charge in [-0.15, -0.1) is 12.6 Å². The van der Waals surface area contributed by atoms with Crippen molar-refractivity contribution in [2.45, 2.75) is 12.4 Å². The van der Waals surface area contributed by atoms with E-state index in [4.69, 9.17) is 9.47 Å². The van der Waals surface area contributed by atoms with Crippen molar-refractivity contribution < 1.29 is 9.47 Å². The second-order valence-corrected chi connectivity index (χ2v) is 3.10. The van der Waals surface area contributed by atoms with Crippen LogP contribution in [0.1, 0.15) is 6.92 Å². The van der Waals surface area contributed by atoms with E-state index in [1.807, 2.05) is 31.2 Å². The summed E-state index contributed by atoms with van der Waals surface area (Å²) in [6, 6.07) is 7.50. The summed E-state index contributed by atoms with van der Waals surface area (Å²) in [5.41, 5.74) is -0.124. The van der Waals surface area contributed by atoms with Gasteiger partial charge in [0.25, 0.3) is 0 Å². The predicted octanol–water partition coefficient (Wildman–Crippen LogP) is 2.35. The minimum atomic E-state index is -0.124. The Balaban J connectivity index is 2.82. The van der Waals surface area contributed by atoms with Crippen LogP contribution in [0.25, 0.3) is 0 Å². The smallest absolute Gasteiger partial charge is 0.162 e. The number of benzene rings is 1. The van der Waals surface area contributed by atoms with E-state index in [-0.39, 0.29) is 5.44 Å². The van der Waals surface area contributed by atoms with E-state index in [1.54, 1.807) is 7.11 Å². The molecule has 0 fully saturated rings. The molecule has 0 spiro atoms. The molecular formula is C9H12O2S. The fraction of sp³-hybridized carbons (Fsp3) is 0.333. The number of methoxy groups -OCH3 is 1. The normalized spacial score (nSPS) is 12.2. The van der Waals surface area contributed by atoms with E-state index in [0.717, 1.165) is 11.5 Å². The van der Waals surface area contributed by atoms with Crippen LogP contribution in [0.3, 0.4) is 0 Å². The molecule has 0 amide bonds. The summed E-state index contributed by atoms with van der Waals surface area (Å²) in [5, 5.41) is 0. The first-order valence-corrected chi connectivity index (χ1v) is 4.23. The van der Waals surface area contributed by atoms with Crippen molar-refractivity contribution >= 4 is 12.6 Å². The zero-order valence-electron chi connectivity index (χ0n) is 7.15. The minimum absolute atomic E-state index is 0.124. The van der Waals surface area contributed by atoms with Crippen LogP contribution in [0.2, 0.25) is 0 Å². The molecule has 0 aliphatic carbocycles. The lowest BCUT2D eigenvalue weighted by molar-refractivity contribution is 0.287. The summed E-state index contributed by atoms with van der Waals surface area (Å²) in [4.78, 5) is 0. The molecule has 2 nitrogen and oxygen atoms in total. The highest BCUT2D eigenvalue weighted by molar-refractivity contribution is 7.80. The van der Waals surface area contributed by atoms with Crippen molar-refractivity contribution in [1.29, 1.82) is 0 Å². The summed E-state index contributed by atoms with van der Waals surface area (Å²) >= 11 is 4.12. The molecule has 12 heavy (non-hydrogen) atoms. The summed E-state index contributed by atoms with van der Waals surface area (Å²) in [7, 11) is 1.62. The van der Waals surface area contributed by atoms with E-state index in [9.17, 15) is 0 Å². The van der Waals surface area contributed by atoms with Gasteiger partial charge in [0.2, 0.25) is 0 Å². The highest BCUT2D eigenvalue weighted by Crippen LogP contribution is 2.26. The third-order valence-corrected chi connectivity index (χ3v) is 1.47. The molecule has 0 N–H and O–H groups in total. The molecule has 0 aliphatic heterocycles. The number of thiol groups is 1. The quantitative estimate of drug-likeness (QED) is 0.574. The topological polar surface area (TPSA) is 18.5 Å². The average Bonchev–Trinajstić information content (AvgIpc) is 2.04. The monoisotopic (exact) mass is 184 g/mol. The molecule has 3 heteroatoms. The maximum Gasteiger partial charge on any atom is 0.162 e. The first kappa shape index (κ1) is 9.26. The van der Waals surface area contributed by atoms with Crippen LogP contribution in [-0.4, -0.2) is 12.5 Å². The summed E-state index contributed by atoms with van der Waals surface area (Å²) in [5.74, 6) is 1.46. The van der Waals surface area contributed by atoms with Crippen LogP contribution in [-0.2, 0) is 0 Å². The van der Waals surface area contributed by atoms with Gasteiger partial charge in [0.1, 0.15) is 5.44 Å². The molecule has 66 valence electrons. The summed E-state index contributed by atoms with van der Waals surface area (Å²) < 4.78 is 10.5. The number of para-hydroxylation sites is 2. The molecule has 1 aromatic rings. The van der Waals surface area contributed by atoms with Gasteiger partial charge in [0.05, 0.1) is 7.11 Å². The van der Waals surface area contributed by atoms with Crippen LogP contribution in [0.15, 0.2) is 24.3 Å². The maximum atomic E-state index is 5.38. The Labute approximate surface area is 77.9 Å². The van der Waals surface area contributed by atoms with Gasteiger partial charge < -0.3 is 9.47 Å². The van der Waals surface area contributed by atoms with Gasteiger partial charge in [-0.1, -0.05) is 12.1 Å². The summed E-state index contributed by atoms with van der Waals surface area (Å²) in [6.07, 6.45) is 0. The van der Waals surface area contributed by atoms with Crippen molar-refractivity contribution in [2.75, 3.05) is 7.11 Å². The molecule has 0 aliphatic rings. The molecule has 0 bridgehead atoms. The molecule has 0 unspecified atom stereocenters. The maximum absolute atomic E-state index is 5.38. The second kappa shape index (κ2) is 4.26. The average molecular weight is 184 g/mol. The molecule has 1 aromatic carbocycles. The molecule has 0 saturated heterocycles. The molecule has 0 saturated carbocycles. The Morgan fingerprint density at radius 2 is 1.83 bits per heavy atom. The Kier molecular flexibility index (Phi) is 3.29. The molecular weight excluding hydrogens is 172 g/mol. The fourth-order valence-corrected chi connectivity index (χ4v) is 1.01. The van der Waals surface area contributed by atoms with E-state index in [2.05, 4.69) is 12.6 Å².